The molecule has 0 aromatic heterocycles. The molecule has 0 saturated carbocycles. The molecule has 0 aliphatic heterocycles. The summed E-state index contributed by atoms with van der Waals surface area (Å²) in [6.45, 7) is 6.62. The number of esters is 3. The summed E-state index contributed by atoms with van der Waals surface area (Å²) in [7, 11) is 0. The number of unbranched alkanes of at least 4 members (excludes halogenated alkanes) is 37. The van der Waals surface area contributed by atoms with Gasteiger partial charge in [0.2, 0.25) is 0 Å². The fourth-order valence-corrected chi connectivity index (χ4v) is 8.86. The lowest BCUT2D eigenvalue weighted by atomic mass is 10.1. The third-order valence-electron chi connectivity index (χ3n) is 13.5. The van der Waals surface area contributed by atoms with E-state index in [1.54, 1.807) is 0 Å². The van der Waals surface area contributed by atoms with Gasteiger partial charge in [-0.1, -0.05) is 256 Å². The molecule has 6 heteroatoms. The Kier molecular flexibility index (Phi) is 56.7. The summed E-state index contributed by atoms with van der Waals surface area (Å²) in [4.78, 5) is 38.2. The van der Waals surface area contributed by atoms with Crippen LogP contribution in [0.5, 0.6) is 0 Å². The average molecular weight is 982 g/mol. The summed E-state index contributed by atoms with van der Waals surface area (Å²) in [6.07, 6.45) is 72.5. The Hall–Kier alpha value is -2.63. The number of hydrogen-bond donors (Lipinski definition) is 0. The minimum atomic E-state index is -0.783. The van der Waals surface area contributed by atoms with Crippen molar-refractivity contribution in [1.82, 2.24) is 0 Å². The zero-order chi connectivity index (χ0) is 50.7. The Balaban J connectivity index is 4.36. The van der Waals surface area contributed by atoms with E-state index in [9.17, 15) is 14.4 Å². The first-order valence-corrected chi connectivity index (χ1v) is 30.6. The molecule has 0 fully saturated rings. The van der Waals surface area contributed by atoms with Gasteiger partial charge in [-0.15, -0.1) is 0 Å². The fourth-order valence-electron chi connectivity index (χ4n) is 8.86. The van der Waals surface area contributed by atoms with E-state index in [4.69, 9.17) is 14.2 Å². The second kappa shape index (κ2) is 58.9. The minimum absolute atomic E-state index is 0.0800. The van der Waals surface area contributed by atoms with Crippen molar-refractivity contribution >= 4 is 17.9 Å². The van der Waals surface area contributed by atoms with E-state index < -0.39 is 6.10 Å². The van der Waals surface area contributed by atoms with Crippen molar-refractivity contribution in [3.05, 3.63) is 48.6 Å². The normalized spacial score (nSPS) is 12.3. The molecule has 0 aliphatic rings. The maximum atomic E-state index is 12.9. The van der Waals surface area contributed by atoms with Crippen LogP contribution in [0.4, 0.5) is 0 Å². The van der Waals surface area contributed by atoms with E-state index >= 15 is 0 Å². The molecule has 0 saturated heterocycles. The highest BCUT2D eigenvalue weighted by atomic mass is 16.6. The predicted octanol–water partition coefficient (Wildman–Crippen LogP) is 20.6. The third-order valence-corrected chi connectivity index (χ3v) is 13.5. The van der Waals surface area contributed by atoms with Gasteiger partial charge in [-0.05, 0) is 96.3 Å². The van der Waals surface area contributed by atoms with Crippen LogP contribution in [0.15, 0.2) is 48.6 Å². The smallest absolute Gasteiger partial charge is 0.306 e. The number of carbonyl (C=O) groups excluding carboxylic acids is 3. The first kappa shape index (κ1) is 67.4. The molecule has 1 atom stereocenters. The van der Waals surface area contributed by atoms with Gasteiger partial charge in [0.05, 0.1) is 0 Å². The van der Waals surface area contributed by atoms with Crippen LogP contribution in [-0.4, -0.2) is 37.2 Å². The Bertz CT molecular complexity index is 1220. The van der Waals surface area contributed by atoms with E-state index in [0.717, 1.165) is 77.0 Å². The lowest BCUT2D eigenvalue weighted by molar-refractivity contribution is -0.167. The number of allylic oxidation sites excluding steroid dienone is 8. The molecule has 70 heavy (non-hydrogen) atoms. The Labute approximate surface area is 435 Å². The molecule has 0 bridgehead atoms. The zero-order valence-corrected chi connectivity index (χ0v) is 46.8. The Morgan fingerprint density at radius 1 is 0.286 bits per heavy atom. The second-order valence-corrected chi connectivity index (χ2v) is 20.6. The van der Waals surface area contributed by atoms with Crippen LogP contribution in [0.3, 0.4) is 0 Å². The van der Waals surface area contributed by atoms with Crippen LogP contribution in [0.2, 0.25) is 0 Å². The van der Waals surface area contributed by atoms with Crippen molar-refractivity contribution < 1.29 is 28.6 Å². The van der Waals surface area contributed by atoms with E-state index in [2.05, 4.69) is 69.4 Å². The molecule has 408 valence electrons. The summed E-state index contributed by atoms with van der Waals surface area (Å²) in [6, 6.07) is 0. The molecule has 0 unspecified atom stereocenters. The van der Waals surface area contributed by atoms with Gasteiger partial charge in [0, 0.05) is 19.3 Å². The van der Waals surface area contributed by atoms with E-state index in [-0.39, 0.29) is 31.1 Å². The SMILES string of the molecule is CCCC/C=C\C/C=C\CCCCCCCC(=O)OC[C@H](COC(=O)CCCCCCCCC/C=C\CCCCCCCCCC)OC(=O)CCCCCCCCC/C=C\CCCCCCCCCC. The molecular weight excluding hydrogens is 865 g/mol. The number of rotatable bonds is 56. The maximum Gasteiger partial charge on any atom is 0.306 e. The largest absolute Gasteiger partial charge is 0.462 e. The van der Waals surface area contributed by atoms with Crippen molar-refractivity contribution in [2.24, 2.45) is 0 Å². The van der Waals surface area contributed by atoms with Gasteiger partial charge < -0.3 is 14.2 Å². The number of ether oxygens (including phenoxy) is 3. The molecule has 0 spiro atoms. The molecule has 0 aromatic rings. The van der Waals surface area contributed by atoms with Crippen LogP contribution in [0.1, 0.15) is 323 Å². The highest BCUT2D eigenvalue weighted by molar-refractivity contribution is 5.71. The molecule has 0 aromatic carbocycles. The third kappa shape index (κ3) is 56.3. The van der Waals surface area contributed by atoms with Crippen LogP contribution in [0.25, 0.3) is 0 Å². The zero-order valence-electron chi connectivity index (χ0n) is 46.8. The highest BCUT2D eigenvalue weighted by Crippen LogP contribution is 2.16. The first-order chi connectivity index (χ1) is 34.5. The summed E-state index contributed by atoms with van der Waals surface area (Å²) < 4.78 is 16.9. The molecule has 0 radical (unpaired) electrons. The van der Waals surface area contributed by atoms with Crippen LogP contribution in [-0.2, 0) is 28.6 Å². The topological polar surface area (TPSA) is 78.9 Å². The monoisotopic (exact) mass is 981 g/mol. The molecule has 6 nitrogen and oxygen atoms in total. The summed E-state index contributed by atoms with van der Waals surface area (Å²) in [5.41, 5.74) is 0. The molecule has 0 N–H and O–H groups in total. The lowest BCUT2D eigenvalue weighted by Crippen LogP contribution is -2.30. The van der Waals surface area contributed by atoms with Crippen molar-refractivity contribution in [2.45, 2.75) is 329 Å². The molecule has 0 aliphatic carbocycles. The predicted molar refractivity (Wildman–Crippen MR) is 302 cm³/mol. The maximum absolute atomic E-state index is 12.9. The van der Waals surface area contributed by atoms with Gasteiger partial charge in [0.25, 0.3) is 0 Å². The van der Waals surface area contributed by atoms with Gasteiger partial charge in [0.15, 0.2) is 6.10 Å². The van der Waals surface area contributed by atoms with E-state index in [1.165, 1.54) is 205 Å². The van der Waals surface area contributed by atoms with E-state index in [1.807, 2.05) is 0 Å². The van der Waals surface area contributed by atoms with Crippen LogP contribution >= 0.6 is 0 Å². The van der Waals surface area contributed by atoms with Crippen LogP contribution < -0.4 is 0 Å². The highest BCUT2D eigenvalue weighted by Gasteiger charge is 2.19. The lowest BCUT2D eigenvalue weighted by Gasteiger charge is -2.18. The quantitative estimate of drug-likeness (QED) is 0.0261. The molecule has 0 amide bonds. The van der Waals surface area contributed by atoms with Gasteiger partial charge >= 0.3 is 17.9 Å². The van der Waals surface area contributed by atoms with Gasteiger partial charge in [-0.2, -0.15) is 0 Å². The average Bonchev–Trinajstić information content (AvgIpc) is 3.36. The van der Waals surface area contributed by atoms with Crippen molar-refractivity contribution in [2.75, 3.05) is 13.2 Å². The second-order valence-electron chi connectivity index (χ2n) is 20.6. The Morgan fingerprint density at radius 3 is 0.843 bits per heavy atom. The van der Waals surface area contributed by atoms with Gasteiger partial charge in [0.1, 0.15) is 13.2 Å². The molecule has 0 heterocycles. The number of carbonyl (C=O) groups is 3. The Morgan fingerprint density at radius 2 is 0.529 bits per heavy atom. The first-order valence-electron chi connectivity index (χ1n) is 30.6. The molecular formula is C64H116O6. The fraction of sp³-hybridized carbons (Fsp3) is 0.828. The molecule has 0 rings (SSSR count). The van der Waals surface area contributed by atoms with E-state index in [0.29, 0.717) is 19.3 Å². The van der Waals surface area contributed by atoms with Crippen LogP contribution in [0, 0.1) is 0 Å². The van der Waals surface area contributed by atoms with Gasteiger partial charge in [-0.3, -0.25) is 14.4 Å². The summed E-state index contributed by atoms with van der Waals surface area (Å²) in [5, 5.41) is 0. The van der Waals surface area contributed by atoms with Crippen molar-refractivity contribution in [3.63, 3.8) is 0 Å². The summed E-state index contributed by atoms with van der Waals surface area (Å²) in [5.74, 6) is -0.887. The summed E-state index contributed by atoms with van der Waals surface area (Å²) >= 11 is 0. The number of hydrogen-bond acceptors (Lipinski definition) is 6. The van der Waals surface area contributed by atoms with Crippen molar-refractivity contribution in [1.29, 1.82) is 0 Å². The standard InChI is InChI=1S/C64H116O6/c1-4-7-10-13-16-19-22-25-28-30-32-34-36-39-42-45-48-51-54-57-63(66)69-60-61(59-68-62(65)56-53-50-47-44-41-38-27-24-21-18-15-12-9-6-3)70-64(67)58-55-52-49-46-43-40-37-35-33-31-29-26-23-20-17-14-11-8-5-2/h15,18,24,27,30-33,61H,4-14,16-17,19-23,25-26,28-29,34-60H2,1-3H3/b18-15-,27-24-,32-30-,33-31-/t61-/m1/s1. The van der Waals surface area contributed by atoms with Gasteiger partial charge in [-0.25, -0.2) is 0 Å². The minimum Gasteiger partial charge on any atom is -0.462 e. The van der Waals surface area contributed by atoms with Crippen molar-refractivity contribution in [3.8, 4) is 0 Å².